The van der Waals surface area contributed by atoms with Gasteiger partial charge >= 0.3 is 0 Å². The molecule has 0 spiro atoms. The number of hydrogen-bond donors (Lipinski definition) is 0. The molecule has 3 heteroatoms. The van der Waals surface area contributed by atoms with Gasteiger partial charge in [0, 0.05) is 15.8 Å². The molecule has 1 unspecified atom stereocenters. The molecule has 0 aliphatic heterocycles. The van der Waals surface area contributed by atoms with Crippen LogP contribution in [0.5, 0.6) is 0 Å². The van der Waals surface area contributed by atoms with Crippen molar-refractivity contribution in [1.29, 1.82) is 0 Å². The van der Waals surface area contributed by atoms with E-state index in [-0.39, 0.29) is 0 Å². The van der Waals surface area contributed by atoms with Crippen LogP contribution in [0, 0.1) is 0 Å². The Labute approximate surface area is 131 Å². The minimum absolute atomic E-state index is 0.345. The highest BCUT2D eigenvalue weighted by atomic mass is 79.9. The molecule has 2 aromatic carbocycles. The number of rotatable bonds is 5. The molecule has 102 valence electrons. The fourth-order valence-corrected chi connectivity index (χ4v) is 3.61. The summed E-state index contributed by atoms with van der Waals surface area (Å²) in [5.41, 5.74) is 2.78. The molecule has 20 heavy (non-hydrogen) atoms. The first-order valence-electron chi connectivity index (χ1n) is 6.70. The summed E-state index contributed by atoms with van der Waals surface area (Å²) in [6, 6.07) is 16.5. The smallest absolute Gasteiger partial charge is 0.143 e. The highest BCUT2D eigenvalue weighted by Crippen LogP contribution is 2.37. The SMILES string of the molecule is O=C(CSc1ccc(Br)cc1)CC1Cc2ccccc21. The number of ketones is 1. The van der Waals surface area contributed by atoms with E-state index in [1.165, 1.54) is 11.1 Å². The Morgan fingerprint density at radius 1 is 1.15 bits per heavy atom. The number of benzene rings is 2. The van der Waals surface area contributed by atoms with Crippen LogP contribution < -0.4 is 0 Å². The van der Waals surface area contributed by atoms with Crippen LogP contribution >= 0.6 is 27.7 Å². The summed E-state index contributed by atoms with van der Waals surface area (Å²) < 4.78 is 1.07. The molecule has 0 fully saturated rings. The lowest BCUT2D eigenvalue weighted by atomic mass is 9.75. The van der Waals surface area contributed by atoms with E-state index in [9.17, 15) is 4.79 Å². The molecule has 0 bridgehead atoms. The van der Waals surface area contributed by atoms with Crippen LogP contribution in [0.25, 0.3) is 0 Å². The predicted molar refractivity (Wildman–Crippen MR) is 87.4 cm³/mol. The van der Waals surface area contributed by atoms with E-state index in [0.717, 1.165) is 15.8 Å². The Balaban J connectivity index is 1.50. The number of hydrogen-bond acceptors (Lipinski definition) is 2. The number of Topliss-reactive ketones (excluding diaryl/α,β-unsaturated/α-hetero) is 1. The van der Waals surface area contributed by atoms with Crippen LogP contribution in [0.4, 0.5) is 0 Å². The summed E-state index contributed by atoms with van der Waals surface area (Å²) >= 11 is 5.04. The van der Waals surface area contributed by atoms with Crippen molar-refractivity contribution in [2.45, 2.75) is 23.7 Å². The van der Waals surface area contributed by atoms with E-state index in [1.807, 2.05) is 24.3 Å². The third kappa shape index (κ3) is 3.15. The maximum Gasteiger partial charge on any atom is 0.143 e. The molecule has 0 saturated carbocycles. The van der Waals surface area contributed by atoms with Crippen molar-refractivity contribution < 1.29 is 4.79 Å². The van der Waals surface area contributed by atoms with Gasteiger partial charge in [0.05, 0.1) is 5.75 Å². The second-order valence-electron chi connectivity index (χ2n) is 5.09. The van der Waals surface area contributed by atoms with Crippen LogP contribution in [0.3, 0.4) is 0 Å². The molecule has 1 aliphatic carbocycles. The monoisotopic (exact) mass is 346 g/mol. The fraction of sp³-hybridized carbons (Fsp3) is 0.235. The fourth-order valence-electron chi connectivity index (χ4n) is 2.57. The van der Waals surface area contributed by atoms with Gasteiger partial charge in [0.2, 0.25) is 0 Å². The Kier molecular flexibility index (Phi) is 4.27. The van der Waals surface area contributed by atoms with Crippen LogP contribution in [0.1, 0.15) is 23.5 Å². The van der Waals surface area contributed by atoms with Gasteiger partial charge in [-0.05, 0) is 47.7 Å². The van der Waals surface area contributed by atoms with Crippen molar-refractivity contribution in [2.24, 2.45) is 0 Å². The summed E-state index contributed by atoms with van der Waals surface area (Å²) in [4.78, 5) is 13.2. The van der Waals surface area contributed by atoms with Gasteiger partial charge in [0.25, 0.3) is 0 Å². The van der Waals surface area contributed by atoms with Gasteiger partial charge < -0.3 is 0 Å². The third-order valence-corrected chi connectivity index (χ3v) is 5.25. The molecular weight excluding hydrogens is 332 g/mol. The molecular formula is C17H15BrOS. The Morgan fingerprint density at radius 2 is 1.90 bits per heavy atom. The Morgan fingerprint density at radius 3 is 2.65 bits per heavy atom. The topological polar surface area (TPSA) is 17.1 Å². The molecule has 0 amide bonds. The maximum atomic E-state index is 12.1. The van der Waals surface area contributed by atoms with E-state index in [2.05, 4.69) is 40.2 Å². The zero-order valence-corrected chi connectivity index (χ0v) is 13.4. The van der Waals surface area contributed by atoms with Crippen molar-refractivity contribution in [3.05, 3.63) is 64.1 Å². The molecule has 3 rings (SSSR count). The van der Waals surface area contributed by atoms with Gasteiger partial charge in [-0.25, -0.2) is 0 Å². The van der Waals surface area contributed by atoms with Crippen molar-refractivity contribution >= 4 is 33.5 Å². The lowest BCUT2D eigenvalue weighted by Crippen LogP contribution is -2.20. The number of halogens is 1. The maximum absolute atomic E-state index is 12.1. The van der Waals surface area contributed by atoms with E-state index in [1.54, 1.807) is 11.8 Å². The molecule has 0 heterocycles. The molecule has 1 aliphatic rings. The van der Waals surface area contributed by atoms with Crippen LogP contribution in [0.15, 0.2) is 57.9 Å². The van der Waals surface area contributed by atoms with E-state index >= 15 is 0 Å². The summed E-state index contributed by atoms with van der Waals surface area (Å²) in [7, 11) is 0. The van der Waals surface area contributed by atoms with E-state index < -0.39 is 0 Å². The van der Waals surface area contributed by atoms with Crippen LogP contribution in [-0.2, 0) is 11.2 Å². The number of fused-ring (bicyclic) bond motifs is 1. The summed E-state index contributed by atoms with van der Waals surface area (Å²) in [6.07, 6.45) is 1.74. The van der Waals surface area contributed by atoms with Crippen molar-refractivity contribution in [3.63, 3.8) is 0 Å². The van der Waals surface area contributed by atoms with Crippen LogP contribution in [0.2, 0.25) is 0 Å². The lowest BCUT2D eigenvalue weighted by Gasteiger charge is -2.29. The highest BCUT2D eigenvalue weighted by molar-refractivity contribution is 9.10. The predicted octanol–water partition coefficient (Wildman–Crippen LogP) is 4.84. The second kappa shape index (κ2) is 6.15. The van der Waals surface area contributed by atoms with Crippen molar-refractivity contribution in [1.82, 2.24) is 0 Å². The average Bonchev–Trinajstić information content (AvgIpc) is 2.44. The minimum Gasteiger partial charge on any atom is -0.299 e. The molecule has 1 nitrogen and oxygen atoms in total. The first kappa shape index (κ1) is 13.9. The van der Waals surface area contributed by atoms with E-state index in [4.69, 9.17) is 0 Å². The first-order valence-corrected chi connectivity index (χ1v) is 8.48. The summed E-state index contributed by atoms with van der Waals surface area (Å²) in [6.45, 7) is 0. The van der Waals surface area contributed by atoms with Gasteiger partial charge in [-0.1, -0.05) is 40.2 Å². The van der Waals surface area contributed by atoms with Gasteiger partial charge in [0.15, 0.2) is 0 Å². The summed E-state index contributed by atoms with van der Waals surface area (Å²) in [5, 5.41) is 0. The average molecular weight is 347 g/mol. The Hall–Kier alpha value is -1.06. The van der Waals surface area contributed by atoms with Gasteiger partial charge in [0.1, 0.15) is 5.78 Å². The number of thioether (sulfide) groups is 1. The zero-order chi connectivity index (χ0) is 13.9. The lowest BCUT2D eigenvalue weighted by molar-refractivity contribution is -0.117. The minimum atomic E-state index is 0.345. The standard InChI is InChI=1S/C17H15BrOS/c18-14-5-7-16(8-6-14)20-11-15(19)10-13-9-12-3-1-2-4-17(12)13/h1-8,13H,9-11H2. The van der Waals surface area contributed by atoms with E-state index in [0.29, 0.717) is 23.9 Å². The largest absolute Gasteiger partial charge is 0.299 e. The highest BCUT2D eigenvalue weighted by Gasteiger charge is 2.27. The molecule has 0 N–H and O–H groups in total. The van der Waals surface area contributed by atoms with Gasteiger partial charge in [-0.15, -0.1) is 11.8 Å². The Bertz CT molecular complexity index is 621. The molecule has 0 aromatic heterocycles. The normalized spacial score (nSPS) is 16.4. The summed E-state index contributed by atoms with van der Waals surface area (Å²) in [5.74, 6) is 1.36. The van der Waals surface area contributed by atoms with Gasteiger partial charge in [-0.3, -0.25) is 4.79 Å². The molecule has 2 aromatic rings. The number of carbonyl (C=O) groups excluding carboxylic acids is 1. The molecule has 0 saturated heterocycles. The quantitative estimate of drug-likeness (QED) is 0.720. The second-order valence-corrected chi connectivity index (χ2v) is 7.05. The molecule has 1 atom stereocenters. The van der Waals surface area contributed by atoms with Crippen molar-refractivity contribution in [3.8, 4) is 0 Å². The van der Waals surface area contributed by atoms with Crippen LogP contribution in [-0.4, -0.2) is 11.5 Å². The molecule has 0 radical (unpaired) electrons. The van der Waals surface area contributed by atoms with Crippen molar-refractivity contribution in [2.75, 3.05) is 5.75 Å². The first-order chi connectivity index (χ1) is 9.72. The zero-order valence-electron chi connectivity index (χ0n) is 11.0. The number of carbonyl (C=O) groups is 1. The van der Waals surface area contributed by atoms with Gasteiger partial charge in [-0.2, -0.15) is 0 Å². The third-order valence-electron chi connectivity index (χ3n) is 3.65.